The third-order valence-electron chi connectivity index (χ3n) is 2.82. The fourth-order valence-electron chi connectivity index (χ4n) is 1.65. The highest BCUT2D eigenvalue weighted by Gasteiger charge is 2.20. The van der Waals surface area contributed by atoms with Crippen LogP contribution in [0.3, 0.4) is 0 Å². The summed E-state index contributed by atoms with van der Waals surface area (Å²) >= 11 is 0. The van der Waals surface area contributed by atoms with Gasteiger partial charge in [0.1, 0.15) is 12.4 Å². The van der Waals surface area contributed by atoms with Gasteiger partial charge in [0, 0.05) is 24.8 Å². The molecule has 3 nitrogen and oxygen atoms in total. The van der Waals surface area contributed by atoms with E-state index in [2.05, 4.69) is 18.0 Å². The maximum atomic E-state index is 5.51. The molecule has 1 aliphatic rings. The van der Waals surface area contributed by atoms with Crippen LogP contribution in [0.25, 0.3) is 0 Å². The average molecular weight is 235 g/mol. The maximum absolute atomic E-state index is 5.51. The second-order valence-corrected chi connectivity index (χ2v) is 4.56. The van der Waals surface area contributed by atoms with E-state index >= 15 is 0 Å². The Hall–Kier alpha value is -1.06. The number of nitrogens with one attached hydrogen (secondary N) is 1. The van der Waals surface area contributed by atoms with Gasteiger partial charge in [-0.2, -0.15) is 0 Å². The smallest absolute Gasteiger partial charge is 0.129 e. The van der Waals surface area contributed by atoms with Gasteiger partial charge in [0.15, 0.2) is 0 Å². The molecule has 0 aromatic carbocycles. The number of hydrogen-bond donors (Lipinski definition) is 1. The predicted octanol–water partition coefficient (Wildman–Crippen LogP) is 3.01. The Kier molecular flexibility index (Phi) is 4.83. The van der Waals surface area contributed by atoms with E-state index in [0.717, 1.165) is 37.8 Å². The zero-order valence-electron chi connectivity index (χ0n) is 10.3. The van der Waals surface area contributed by atoms with E-state index in [1.54, 1.807) is 0 Å². The minimum atomic E-state index is 0.570. The van der Waals surface area contributed by atoms with Crippen LogP contribution >= 0.6 is 0 Å². The molecule has 1 fully saturated rings. The fourth-order valence-corrected chi connectivity index (χ4v) is 1.65. The molecule has 0 radical (unpaired) electrons. The minimum Gasteiger partial charge on any atom is -0.467 e. The van der Waals surface area contributed by atoms with Crippen molar-refractivity contribution in [2.75, 3.05) is 6.61 Å². The van der Waals surface area contributed by atoms with Crippen LogP contribution in [0, 0.1) is 0 Å². The van der Waals surface area contributed by atoms with E-state index in [4.69, 9.17) is 9.15 Å². The van der Waals surface area contributed by atoms with Crippen LogP contribution in [-0.2, 0) is 17.9 Å². The van der Waals surface area contributed by atoms with Crippen LogP contribution in [0.4, 0.5) is 0 Å². The third kappa shape index (κ3) is 4.75. The topological polar surface area (TPSA) is 34.4 Å². The van der Waals surface area contributed by atoms with Gasteiger partial charge in [-0.25, -0.2) is 0 Å². The number of allylic oxidation sites excluding steroid dienone is 1. The van der Waals surface area contributed by atoms with Gasteiger partial charge in [-0.15, -0.1) is 6.58 Å². The van der Waals surface area contributed by atoms with Gasteiger partial charge in [0.25, 0.3) is 0 Å². The van der Waals surface area contributed by atoms with Gasteiger partial charge in [-0.3, -0.25) is 0 Å². The number of hydrogen-bond acceptors (Lipinski definition) is 3. The van der Waals surface area contributed by atoms with Crippen molar-refractivity contribution in [1.82, 2.24) is 5.32 Å². The first kappa shape index (κ1) is 12.4. The molecule has 94 valence electrons. The Morgan fingerprint density at radius 1 is 1.53 bits per heavy atom. The van der Waals surface area contributed by atoms with E-state index in [1.165, 1.54) is 18.4 Å². The first-order valence-electron chi connectivity index (χ1n) is 6.37. The lowest BCUT2D eigenvalue weighted by Gasteiger charge is -1.99. The Balaban J connectivity index is 1.61. The van der Waals surface area contributed by atoms with Crippen molar-refractivity contribution in [3.05, 3.63) is 36.3 Å². The van der Waals surface area contributed by atoms with Gasteiger partial charge >= 0.3 is 0 Å². The van der Waals surface area contributed by atoms with Crippen molar-refractivity contribution < 1.29 is 9.15 Å². The van der Waals surface area contributed by atoms with Crippen molar-refractivity contribution >= 4 is 0 Å². The summed E-state index contributed by atoms with van der Waals surface area (Å²) in [5, 5.41) is 3.46. The van der Waals surface area contributed by atoms with E-state index < -0.39 is 0 Å². The van der Waals surface area contributed by atoms with Gasteiger partial charge in [-0.05, 0) is 31.7 Å². The molecular weight excluding hydrogens is 214 g/mol. The number of unbranched alkanes of at least 4 members (excludes halogenated alkanes) is 1. The van der Waals surface area contributed by atoms with Crippen LogP contribution < -0.4 is 5.32 Å². The molecule has 3 heteroatoms. The molecule has 1 aromatic heterocycles. The maximum Gasteiger partial charge on any atom is 0.129 e. The Morgan fingerprint density at radius 3 is 3.18 bits per heavy atom. The van der Waals surface area contributed by atoms with Crippen molar-refractivity contribution in [1.29, 1.82) is 0 Å². The number of rotatable bonds is 9. The molecule has 1 saturated carbocycles. The molecule has 2 rings (SSSR count). The molecule has 0 bridgehead atoms. The van der Waals surface area contributed by atoms with E-state index in [9.17, 15) is 0 Å². The SMILES string of the molecule is C=CCCCOCc1cc(CNC2CC2)co1. The Morgan fingerprint density at radius 2 is 2.41 bits per heavy atom. The lowest BCUT2D eigenvalue weighted by Crippen LogP contribution is -2.14. The zero-order chi connectivity index (χ0) is 11.9. The van der Waals surface area contributed by atoms with Crippen molar-refractivity contribution in [3.8, 4) is 0 Å². The summed E-state index contributed by atoms with van der Waals surface area (Å²) in [4.78, 5) is 0. The molecule has 1 N–H and O–H groups in total. The highest BCUT2D eigenvalue weighted by atomic mass is 16.5. The zero-order valence-corrected chi connectivity index (χ0v) is 10.3. The van der Waals surface area contributed by atoms with Gasteiger partial charge in [0.05, 0.1) is 6.26 Å². The third-order valence-corrected chi connectivity index (χ3v) is 2.82. The normalized spacial score (nSPS) is 15.1. The molecule has 1 aliphatic carbocycles. The summed E-state index contributed by atoms with van der Waals surface area (Å²) in [5.41, 5.74) is 1.21. The predicted molar refractivity (Wildman–Crippen MR) is 67.7 cm³/mol. The summed E-state index contributed by atoms with van der Waals surface area (Å²) in [6.45, 7) is 5.92. The van der Waals surface area contributed by atoms with Crippen LogP contribution in [0.5, 0.6) is 0 Å². The van der Waals surface area contributed by atoms with Crippen LogP contribution in [0.15, 0.2) is 29.4 Å². The van der Waals surface area contributed by atoms with Crippen LogP contribution in [-0.4, -0.2) is 12.6 Å². The molecule has 0 spiro atoms. The molecule has 0 aliphatic heterocycles. The summed E-state index contributed by atoms with van der Waals surface area (Å²) in [6.07, 6.45) is 8.40. The monoisotopic (exact) mass is 235 g/mol. The Bertz CT molecular complexity index is 342. The first-order chi connectivity index (χ1) is 8.38. The molecule has 0 unspecified atom stereocenters. The van der Waals surface area contributed by atoms with Crippen LogP contribution in [0.2, 0.25) is 0 Å². The van der Waals surface area contributed by atoms with Gasteiger partial charge < -0.3 is 14.5 Å². The van der Waals surface area contributed by atoms with Crippen LogP contribution in [0.1, 0.15) is 37.0 Å². The minimum absolute atomic E-state index is 0.570. The van der Waals surface area contributed by atoms with Crippen molar-refractivity contribution in [2.24, 2.45) is 0 Å². The fraction of sp³-hybridized carbons (Fsp3) is 0.571. The average Bonchev–Trinajstić information content (AvgIpc) is 3.06. The number of ether oxygens (including phenoxy) is 1. The second kappa shape index (κ2) is 6.62. The molecule has 0 atom stereocenters. The first-order valence-corrected chi connectivity index (χ1v) is 6.37. The van der Waals surface area contributed by atoms with E-state index in [1.807, 2.05) is 12.3 Å². The van der Waals surface area contributed by atoms with E-state index in [0.29, 0.717) is 6.61 Å². The van der Waals surface area contributed by atoms with Crippen molar-refractivity contribution in [2.45, 2.75) is 44.9 Å². The lowest BCUT2D eigenvalue weighted by atomic mass is 10.3. The molecule has 17 heavy (non-hydrogen) atoms. The highest BCUT2D eigenvalue weighted by Crippen LogP contribution is 2.19. The summed E-state index contributed by atoms with van der Waals surface area (Å²) in [7, 11) is 0. The molecular formula is C14H21NO2. The summed E-state index contributed by atoms with van der Waals surface area (Å²) in [5.74, 6) is 0.913. The Labute approximate surface area is 103 Å². The lowest BCUT2D eigenvalue weighted by molar-refractivity contribution is 0.104. The molecule has 1 heterocycles. The molecule has 1 aromatic rings. The summed E-state index contributed by atoms with van der Waals surface area (Å²) in [6, 6.07) is 2.81. The van der Waals surface area contributed by atoms with Gasteiger partial charge in [0.2, 0.25) is 0 Å². The van der Waals surface area contributed by atoms with Crippen molar-refractivity contribution in [3.63, 3.8) is 0 Å². The molecule has 0 saturated heterocycles. The standard InChI is InChI=1S/C14H21NO2/c1-2-3-4-7-16-11-14-8-12(10-17-14)9-15-13-5-6-13/h2,8,10,13,15H,1,3-7,9,11H2. The van der Waals surface area contributed by atoms with E-state index in [-0.39, 0.29) is 0 Å². The quantitative estimate of drug-likeness (QED) is 0.528. The summed E-state index contributed by atoms with van der Waals surface area (Å²) < 4.78 is 10.9. The highest BCUT2D eigenvalue weighted by molar-refractivity contribution is 5.12. The largest absolute Gasteiger partial charge is 0.467 e. The number of furan rings is 1. The molecule has 0 amide bonds. The van der Waals surface area contributed by atoms with Gasteiger partial charge in [-0.1, -0.05) is 6.08 Å². The second-order valence-electron chi connectivity index (χ2n) is 4.56.